The van der Waals surface area contributed by atoms with Crippen molar-refractivity contribution >= 4 is 169 Å². The zero-order valence-electron chi connectivity index (χ0n) is 63.9. The fraction of sp³-hybridized carbons (Fsp3) is 0.308. The smallest absolute Gasteiger partial charge is 0.325 e. The largest absolute Gasteiger partial charge is 0.395 e. The fourth-order valence-electron chi connectivity index (χ4n) is 12.0. The number of unbranched alkanes of at least 4 members (excludes halogenated alkanes) is 2. The lowest BCUT2D eigenvalue weighted by molar-refractivity contribution is -0.660. The van der Waals surface area contributed by atoms with Crippen molar-refractivity contribution in [3.63, 3.8) is 0 Å². The highest BCUT2D eigenvalue weighted by atomic mass is 32.2. The number of hydrogen-bond donors (Lipinski definition) is 13. The van der Waals surface area contributed by atoms with Crippen LogP contribution in [0.2, 0.25) is 0 Å². The molecule has 6 heterocycles. The van der Waals surface area contributed by atoms with Gasteiger partial charge >= 0.3 is 12.1 Å². The second kappa shape index (κ2) is 44.5. The third-order valence-corrected chi connectivity index (χ3v) is 25.6. The third-order valence-electron chi connectivity index (χ3n) is 18.0. The highest BCUT2D eigenvalue weighted by Gasteiger charge is 2.31. The lowest BCUT2D eigenvalue weighted by Gasteiger charge is -2.18. The number of carbonyl (C=O) groups is 6. The van der Waals surface area contributed by atoms with Crippen molar-refractivity contribution < 1.29 is 68.5 Å². The lowest BCUT2D eigenvalue weighted by Crippen LogP contribution is -2.37. The SMILES string of the molecule is COC(O)c1cccc(NC(=O)Nc2nnc(CCSCC(c3cccc(C(CO)C(=O)Nc4n[n+](-c5cccc(C(CO)C(=O)Nc6nnc(CCSCCc7nnc(NC(=O)Cc8ccccc8)s7)s6)c5)c(CCCCCc5nnc(NC(=O)C(CO)c6ccccc6)s5)s4)c3)c3nnc(NC(=O)Nc4cccc(C(O)OC)c4)s3)s2)c1. The molecule has 0 bridgehead atoms. The molecule has 6 aromatic heterocycles. The first kappa shape index (κ1) is 87.8. The molecule has 0 radical (unpaired) electrons. The molecule has 119 heavy (non-hydrogen) atoms. The number of aliphatic hydroxyl groups excluding tert-OH is 5. The van der Waals surface area contributed by atoms with E-state index in [1.807, 2.05) is 48.5 Å². The molecule has 33 nitrogen and oxygen atoms in total. The monoisotopic (exact) mass is 1760 g/mol. The van der Waals surface area contributed by atoms with Gasteiger partial charge in [0.2, 0.25) is 55.0 Å². The van der Waals surface area contributed by atoms with E-state index in [0.29, 0.717) is 137 Å². The minimum Gasteiger partial charge on any atom is -0.395 e. The van der Waals surface area contributed by atoms with E-state index in [2.05, 4.69) is 93.5 Å². The van der Waals surface area contributed by atoms with Gasteiger partial charge in [-0.15, -0.1) is 51.0 Å². The molecule has 620 valence electrons. The summed E-state index contributed by atoms with van der Waals surface area (Å²) < 4.78 is 11.7. The highest BCUT2D eigenvalue weighted by Crippen LogP contribution is 2.36. The second-order valence-electron chi connectivity index (χ2n) is 26.4. The second-order valence-corrected chi connectivity index (χ2v) is 35.1. The maximum atomic E-state index is 14.8. The van der Waals surface area contributed by atoms with Crippen LogP contribution in [0.3, 0.4) is 0 Å². The van der Waals surface area contributed by atoms with Gasteiger partial charge in [0.15, 0.2) is 12.6 Å². The van der Waals surface area contributed by atoms with E-state index in [0.717, 1.165) is 44.8 Å². The van der Waals surface area contributed by atoms with E-state index in [1.54, 1.807) is 137 Å². The molecular weight excluding hydrogens is 1680 g/mol. The standard InChI is InChI=1S/C78H82N20O13S8/c1-110-69(106)50-23-13-25-52(38-50)79-71(108)85-76-95-90-63(117-76)32-35-113-44-58(68-91-96-77(119-68)86-72(109)80-53-26-14-24-51(39-53)70(107)111-2)48-21-12-20-47(37-48)56(42-100)67(105)84-78-97-98(64(118-78)29-11-5-10-28-60-87-93-74(114-60)82-65(103)55(41-99)46-18-8-4-9-19-46)54-27-15-22-49(40-54)57(43-101)66(104)83-75-94-89-62(116-75)31-34-112-33-30-61-88-92-73(115-61)81-59(102)36-45-16-6-3-7-17-45/h3-4,6-9,12-27,37-40,55-58,69-70,99-101,106-107H,5,10-11,28-36,41-44H2,1-2H3,(H7-,79,80,81,82,83,84,85,86,92,93,94,95,96,97,102,103,104,105,108,109)/p+1. The number of amides is 8. The summed E-state index contributed by atoms with van der Waals surface area (Å²) in [5.74, 6) is -2.66. The number of nitrogens with one attached hydrogen (secondary N) is 8. The van der Waals surface area contributed by atoms with Crippen LogP contribution in [0.25, 0.3) is 5.69 Å². The van der Waals surface area contributed by atoms with Crippen LogP contribution in [0, 0.1) is 0 Å². The van der Waals surface area contributed by atoms with Crippen LogP contribution in [0.15, 0.2) is 158 Å². The number of anilines is 8. The summed E-state index contributed by atoms with van der Waals surface area (Å²) >= 11 is 10.7. The molecule has 6 atom stereocenters. The molecule has 8 amide bonds. The quantitative estimate of drug-likeness (QED) is 0.00959. The van der Waals surface area contributed by atoms with Gasteiger partial charge in [-0.25, -0.2) is 9.59 Å². The zero-order chi connectivity index (χ0) is 83.4. The first-order valence-electron chi connectivity index (χ1n) is 37.3. The molecule has 0 aliphatic carbocycles. The summed E-state index contributed by atoms with van der Waals surface area (Å²) in [7, 11) is 2.72. The molecule has 6 unspecified atom stereocenters. The van der Waals surface area contributed by atoms with Crippen molar-refractivity contribution in [1.82, 2.24) is 56.1 Å². The summed E-state index contributed by atoms with van der Waals surface area (Å²) in [4.78, 5) is 81.1. The summed E-state index contributed by atoms with van der Waals surface area (Å²) in [6.45, 7) is -1.54. The Kier molecular flexibility index (Phi) is 32.9. The van der Waals surface area contributed by atoms with E-state index in [9.17, 15) is 54.3 Å². The molecule has 12 rings (SSSR count). The topological polar surface area (TPSA) is 464 Å². The van der Waals surface area contributed by atoms with Crippen LogP contribution in [0.5, 0.6) is 0 Å². The molecule has 0 spiro atoms. The first-order chi connectivity index (χ1) is 58.0. The number of aliphatic hydroxyl groups is 5. The zero-order valence-corrected chi connectivity index (χ0v) is 70.5. The van der Waals surface area contributed by atoms with Gasteiger partial charge in [0.25, 0.3) is 10.1 Å². The Morgan fingerprint density at radius 3 is 1.39 bits per heavy atom. The minimum absolute atomic E-state index is 0.165. The van der Waals surface area contributed by atoms with Crippen LogP contribution in [0.1, 0.15) is 125 Å². The van der Waals surface area contributed by atoms with Crippen LogP contribution in [-0.4, -0.2) is 174 Å². The molecule has 41 heteroatoms. The molecule has 0 fully saturated rings. The summed E-state index contributed by atoms with van der Waals surface area (Å²) in [5, 5.41) is 129. The van der Waals surface area contributed by atoms with Gasteiger partial charge in [0.1, 0.15) is 25.0 Å². The Balaban J connectivity index is 0.717. The maximum Gasteiger partial charge on any atom is 0.325 e. The van der Waals surface area contributed by atoms with Gasteiger partial charge in [-0.05, 0) is 98.2 Å². The predicted molar refractivity (Wildman–Crippen MR) is 461 cm³/mol. The Hall–Kier alpha value is -10.5. The minimum atomic E-state index is -1.21. The Labute approximate surface area is 714 Å². The van der Waals surface area contributed by atoms with Gasteiger partial charge < -0.3 is 51.0 Å². The Bertz CT molecular complexity index is 5350. The van der Waals surface area contributed by atoms with E-state index >= 15 is 0 Å². The number of nitrogens with zero attached hydrogens (tertiary/aromatic N) is 12. The van der Waals surface area contributed by atoms with Gasteiger partial charge in [0, 0.05) is 97.7 Å². The van der Waals surface area contributed by atoms with E-state index in [1.165, 1.54) is 70.9 Å². The van der Waals surface area contributed by atoms with Crippen molar-refractivity contribution in [2.45, 2.75) is 94.0 Å². The molecular formula is C78H83N20O13S8+. The normalized spacial score (nSPS) is 12.8. The number of aryl methyl sites for hydroxylation is 5. The van der Waals surface area contributed by atoms with Crippen molar-refractivity contribution in [3.05, 3.63) is 227 Å². The highest BCUT2D eigenvalue weighted by molar-refractivity contribution is 7.99. The molecule has 12 aromatic rings. The van der Waals surface area contributed by atoms with E-state index in [4.69, 9.17) is 14.6 Å². The van der Waals surface area contributed by atoms with Crippen molar-refractivity contribution in [1.29, 1.82) is 0 Å². The molecule has 0 aliphatic heterocycles. The third kappa shape index (κ3) is 25.8. The number of carbonyl (C=O) groups excluding carboxylic acids is 6. The summed E-state index contributed by atoms with van der Waals surface area (Å²) in [5.41, 5.74) is 5.43. The van der Waals surface area contributed by atoms with Crippen LogP contribution < -0.4 is 47.2 Å². The number of urea groups is 2. The number of ether oxygens (including phenoxy) is 2. The van der Waals surface area contributed by atoms with Gasteiger partial charge in [-0.3, -0.25) is 45.8 Å². The number of thioether (sulfide) groups is 2. The van der Waals surface area contributed by atoms with E-state index in [-0.39, 0.29) is 39.5 Å². The molecule has 0 aliphatic rings. The van der Waals surface area contributed by atoms with Gasteiger partial charge in [0.05, 0.1) is 44.0 Å². The molecule has 0 saturated carbocycles. The Morgan fingerprint density at radius 1 is 0.403 bits per heavy atom. The maximum absolute atomic E-state index is 14.8. The molecule has 13 N–H and O–H groups in total. The van der Waals surface area contributed by atoms with Crippen molar-refractivity contribution in [2.24, 2.45) is 0 Å². The number of hydrogen-bond acceptors (Lipinski definition) is 32. The summed E-state index contributed by atoms with van der Waals surface area (Å²) in [6.07, 6.45) is 2.69. The number of methoxy groups -OCH3 is 2. The van der Waals surface area contributed by atoms with Gasteiger partial charge in [-0.1, -0.05) is 184 Å². The van der Waals surface area contributed by atoms with Crippen molar-refractivity contribution in [3.8, 4) is 5.69 Å². The molecule has 6 aromatic carbocycles. The summed E-state index contributed by atoms with van der Waals surface area (Å²) in [6, 6.07) is 44.6. The van der Waals surface area contributed by atoms with Crippen molar-refractivity contribution in [2.75, 3.05) is 99.6 Å². The first-order valence-corrected chi connectivity index (χ1v) is 44.5. The molecule has 0 saturated heterocycles. The average Bonchev–Trinajstić information content (AvgIpc) is 1.77. The van der Waals surface area contributed by atoms with Crippen LogP contribution >= 0.6 is 91.5 Å². The van der Waals surface area contributed by atoms with Gasteiger partial charge in [-0.2, -0.15) is 23.5 Å². The lowest BCUT2D eigenvalue weighted by atomic mass is 9.93. The predicted octanol–water partition coefficient (Wildman–Crippen LogP) is 11.1. The Morgan fingerprint density at radius 2 is 0.840 bits per heavy atom. The average molecular weight is 1770 g/mol. The fourth-order valence-corrected chi connectivity index (χ4v) is 19.3. The number of benzene rings is 6. The number of aromatic nitrogens is 12. The van der Waals surface area contributed by atoms with E-state index < -0.39 is 79.2 Å². The van der Waals surface area contributed by atoms with Crippen LogP contribution in [0.4, 0.5) is 51.8 Å². The number of rotatable bonds is 43. The van der Waals surface area contributed by atoms with Crippen LogP contribution in [-0.2, 0) is 67.2 Å².